The summed E-state index contributed by atoms with van der Waals surface area (Å²) in [6.45, 7) is 4.33. The zero-order valence-corrected chi connectivity index (χ0v) is 20.9. The van der Waals surface area contributed by atoms with Gasteiger partial charge in [-0.3, -0.25) is 0 Å². The van der Waals surface area contributed by atoms with Gasteiger partial charge in [-0.15, -0.1) is 5.10 Å². The van der Waals surface area contributed by atoms with Gasteiger partial charge < -0.3 is 20.1 Å². The van der Waals surface area contributed by atoms with Crippen molar-refractivity contribution in [3.63, 3.8) is 0 Å². The van der Waals surface area contributed by atoms with Crippen LogP contribution in [0.15, 0.2) is 72.8 Å². The average molecular weight is 526 g/mol. The van der Waals surface area contributed by atoms with Crippen molar-refractivity contribution in [2.24, 2.45) is 5.92 Å². The Morgan fingerprint density at radius 3 is 2.03 bits per heavy atom. The van der Waals surface area contributed by atoms with Gasteiger partial charge in [-0.1, -0.05) is 26.0 Å². The Kier molecular flexibility index (Phi) is 7.85. The minimum absolute atomic E-state index is 0.106. The van der Waals surface area contributed by atoms with Gasteiger partial charge in [0.15, 0.2) is 5.82 Å². The number of urea groups is 1. The SMILES string of the molecule is COc1ccc(NC(=O)Nc2ccc(-n3nc(OCC(C)C)nc3-c3ccc(C(F)(F)F)cc3)cc2)cc1. The third-order valence-corrected chi connectivity index (χ3v) is 5.32. The van der Waals surface area contributed by atoms with Crippen molar-refractivity contribution in [2.45, 2.75) is 20.0 Å². The van der Waals surface area contributed by atoms with E-state index < -0.39 is 17.8 Å². The predicted molar refractivity (Wildman–Crippen MR) is 138 cm³/mol. The molecule has 2 amide bonds. The number of ether oxygens (including phenoxy) is 2. The fourth-order valence-corrected chi connectivity index (χ4v) is 3.42. The van der Waals surface area contributed by atoms with Gasteiger partial charge in [0.05, 0.1) is 25.0 Å². The number of hydrogen-bond donors (Lipinski definition) is 2. The predicted octanol–water partition coefficient (Wildman–Crippen LogP) is 6.64. The second-order valence-electron chi connectivity index (χ2n) is 8.76. The summed E-state index contributed by atoms with van der Waals surface area (Å²) in [7, 11) is 1.56. The van der Waals surface area contributed by atoms with Gasteiger partial charge in [0.1, 0.15) is 5.75 Å². The molecule has 38 heavy (non-hydrogen) atoms. The van der Waals surface area contributed by atoms with Crippen LogP contribution < -0.4 is 20.1 Å². The molecule has 0 saturated heterocycles. The van der Waals surface area contributed by atoms with E-state index in [-0.39, 0.29) is 11.9 Å². The van der Waals surface area contributed by atoms with Crippen molar-refractivity contribution in [3.05, 3.63) is 78.4 Å². The van der Waals surface area contributed by atoms with E-state index in [2.05, 4.69) is 20.7 Å². The van der Waals surface area contributed by atoms with Crippen LogP contribution in [0.4, 0.5) is 29.3 Å². The number of benzene rings is 3. The van der Waals surface area contributed by atoms with E-state index in [4.69, 9.17) is 9.47 Å². The molecule has 0 aliphatic heterocycles. The molecule has 0 aliphatic rings. The van der Waals surface area contributed by atoms with Crippen LogP contribution >= 0.6 is 0 Å². The third-order valence-electron chi connectivity index (χ3n) is 5.32. The summed E-state index contributed by atoms with van der Waals surface area (Å²) in [5.74, 6) is 1.22. The van der Waals surface area contributed by atoms with Crippen LogP contribution in [0.5, 0.6) is 11.8 Å². The first-order chi connectivity index (χ1) is 18.1. The molecular formula is C27H26F3N5O3. The molecule has 11 heteroatoms. The molecular weight excluding hydrogens is 499 g/mol. The smallest absolute Gasteiger partial charge is 0.416 e. The number of alkyl halides is 3. The fraction of sp³-hybridized carbons (Fsp3) is 0.222. The number of nitrogens with zero attached hydrogens (tertiary/aromatic N) is 3. The Labute approximate surface area is 217 Å². The summed E-state index contributed by atoms with van der Waals surface area (Å²) in [4.78, 5) is 16.8. The van der Waals surface area contributed by atoms with Gasteiger partial charge in [-0.25, -0.2) is 9.48 Å². The molecule has 0 fully saturated rings. The number of carbonyl (C=O) groups excluding carboxylic acids is 1. The monoisotopic (exact) mass is 525 g/mol. The van der Waals surface area contributed by atoms with E-state index in [1.165, 1.54) is 16.8 Å². The molecule has 0 radical (unpaired) electrons. The molecule has 0 aliphatic carbocycles. The second kappa shape index (κ2) is 11.2. The lowest BCUT2D eigenvalue weighted by Gasteiger charge is -2.10. The van der Waals surface area contributed by atoms with Crippen LogP contribution in [0, 0.1) is 5.92 Å². The maximum Gasteiger partial charge on any atom is 0.416 e. The minimum Gasteiger partial charge on any atom is -0.497 e. The van der Waals surface area contributed by atoms with Gasteiger partial charge >= 0.3 is 18.2 Å². The van der Waals surface area contributed by atoms with Gasteiger partial charge in [-0.05, 0) is 66.6 Å². The molecule has 0 bridgehead atoms. The van der Waals surface area contributed by atoms with Gasteiger partial charge in [0.2, 0.25) is 0 Å². The van der Waals surface area contributed by atoms with E-state index in [9.17, 15) is 18.0 Å². The Morgan fingerprint density at radius 2 is 1.50 bits per heavy atom. The molecule has 4 aromatic rings. The number of rotatable bonds is 8. The van der Waals surface area contributed by atoms with E-state index in [1.807, 2.05) is 13.8 Å². The number of anilines is 2. The minimum atomic E-state index is -4.44. The average Bonchev–Trinajstić information content (AvgIpc) is 3.32. The summed E-state index contributed by atoms with van der Waals surface area (Å²) in [6.07, 6.45) is -4.44. The first kappa shape index (κ1) is 26.5. The number of amides is 2. The Hall–Kier alpha value is -4.54. The van der Waals surface area contributed by atoms with Crippen LogP contribution in [0.3, 0.4) is 0 Å². The molecule has 1 aromatic heterocycles. The lowest BCUT2D eigenvalue weighted by Crippen LogP contribution is -2.19. The zero-order chi connectivity index (χ0) is 27.3. The number of halogens is 3. The maximum absolute atomic E-state index is 13.0. The Morgan fingerprint density at radius 1 is 0.921 bits per heavy atom. The highest BCUT2D eigenvalue weighted by molar-refractivity contribution is 5.99. The molecule has 3 aromatic carbocycles. The van der Waals surface area contributed by atoms with Crippen LogP contribution in [0.2, 0.25) is 0 Å². The first-order valence-electron chi connectivity index (χ1n) is 11.7. The number of nitrogens with one attached hydrogen (secondary N) is 2. The summed E-state index contributed by atoms with van der Waals surface area (Å²) in [6, 6.07) is 18.0. The topological polar surface area (TPSA) is 90.3 Å². The van der Waals surface area contributed by atoms with Gasteiger partial charge in [0.25, 0.3) is 0 Å². The quantitative estimate of drug-likeness (QED) is 0.269. The lowest BCUT2D eigenvalue weighted by molar-refractivity contribution is -0.137. The fourth-order valence-electron chi connectivity index (χ4n) is 3.42. The molecule has 8 nitrogen and oxygen atoms in total. The highest BCUT2D eigenvalue weighted by Crippen LogP contribution is 2.31. The van der Waals surface area contributed by atoms with Crippen LogP contribution in [0.25, 0.3) is 17.1 Å². The number of aromatic nitrogens is 3. The summed E-state index contributed by atoms with van der Waals surface area (Å²) < 4.78 is 51.4. The Balaban J connectivity index is 1.54. The van der Waals surface area contributed by atoms with E-state index in [0.717, 1.165) is 12.1 Å². The number of hydrogen-bond acceptors (Lipinski definition) is 5. The zero-order valence-electron chi connectivity index (χ0n) is 20.9. The second-order valence-corrected chi connectivity index (χ2v) is 8.76. The molecule has 2 N–H and O–H groups in total. The van der Waals surface area contributed by atoms with Gasteiger partial charge in [0, 0.05) is 16.9 Å². The summed E-state index contributed by atoms with van der Waals surface area (Å²) in [5, 5.41) is 9.89. The first-order valence-corrected chi connectivity index (χ1v) is 11.7. The van der Waals surface area contributed by atoms with Crippen molar-refractivity contribution in [2.75, 3.05) is 24.4 Å². The summed E-state index contributed by atoms with van der Waals surface area (Å²) in [5.41, 5.74) is 1.37. The molecule has 1 heterocycles. The third kappa shape index (κ3) is 6.61. The largest absolute Gasteiger partial charge is 0.497 e. The van der Waals surface area contributed by atoms with Gasteiger partial charge in [-0.2, -0.15) is 18.2 Å². The molecule has 0 unspecified atom stereocenters. The highest BCUT2D eigenvalue weighted by atomic mass is 19.4. The number of carbonyl (C=O) groups is 1. The highest BCUT2D eigenvalue weighted by Gasteiger charge is 2.30. The number of methoxy groups -OCH3 is 1. The van der Waals surface area contributed by atoms with Crippen LogP contribution in [0.1, 0.15) is 19.4 Å². The molecule has 198 valence electrons. The molecule has 4 rings (SSSR count). The van der Waals surface area contributed by atoms with Crippen LogP contribution in [-0.2, 0) is 6.18 Å². The van der Waals surface area contributed by atoms with E-state index in [1.54, 1.807) is 55.6 Å². The van der Waals surface area contributed by atoms with E-state index in [0.29, 0.717) is 40.8 Å². The molecule has 0 spiro atoms. The standard InChI is InChI=1S/C27H26F3N5O3/c1-17(2)16-38-26-33-24(18-4-6-19(7-5-18)27(28,29)30)35(34-26)22-12-8-20(9-13-22)31-25(36)32-21-10-14-23(37-3)15-11-21/h4-15,17H,16H2,1-3H3,(H2,31,32,36). The molecule has 0 saturated carbocycles. The van der Waals surface area contributed by atoms with Crippen molar-refractivity contribution in [1.29, 1.82) is 0 Å². The van der Waals surface area contributed by atoms with E-state index >= 15 is 0 Å². The van der Waals surface area contributed by atoms with Crippen molar-refractivity contribution < 1.29 is 27.4 Å². The van der Waals surface area contributed by atoms with Crippen molar-refractivity contribution >= 4 is 17.4 Å². The van der Waals surface area contributed by atoms with Crippen molar-refractivity contribution in [1.82, 2.24) is 14.8 Å². The lowest BCUT2D eigenvalue weighted by atomic mass is 10.1. The van der Waals surface area contributed by atoms with Crippen molar-refractivity contribution in [3.8, 4) is 28.8 Å². The summed E-state index contributed by atoms with van der Waals surface area (Å²) >= 11 is 0. The Bertz CT molecular complexity index is 1370. The maximum atomic E-state index is 13.0. The normalized spacial score (nSPS) is 11.3. The molecule has 0 atom stereocenters. The van der Waals surface area contributed by atoms with Crippen LogP contribution in [-0.4, -0.2) is 34.5 Å².